The minimum Gasteiger partial charge on any atom is -0.388 e. The fourth-order valence-electron chi connectivity index (χ4n) is 1.36. The predicted octanol–water partition coefficient (Wildman–Crippen LogP) is 1.02. The van der Waals surface area contributed by atoms with Crippen LogP contribution in [0.3, 0.4) is 0 Å². The van der Waals surface area contributed by atoms with Crippen LogP contribution in [0.4, 0.5) is 0 Å². The van der Waals surface area contributed by atoms with Crippen LogP contribution in [0, 0.1) is 0 Å². The van der Waals surface area contributed by atoms with E-state index < -0.39 is 5.60 Å². The van der Waals surface area contributed by atoms with Crippen LogP contribution in [0.1, 0.15) is 20.8 Å². The molecule has 0 aliphatic carbocycles. The molecule has 0 aromatic rings. The van der Waals surface area contributed by atoms with Crippen LogP contribution in [0.25, 0.3) is 0 Å². The summed E-state index contributed by atoms with van der Waals surface area (Å²) in [6, 6.07) is 0. The molecule has 1 fully saturated rings. The van der Waals surface area contributed by atoms with Crippen LogP contribution in [0.2, 0.25) is 0 Å². The summed E-state index contributed by atoms with van der Waals surface area (Å²) in [4.78, 5) is 2.23. The molecule has 11 heavy (non-hydrogen) atoms. The first kappa shape index (κ1) is 8.75. The van der Waals surface area contributed by atoms with E-state index in [-0.39, 0.29) is 0 Å². The topological polar surface area (TPSA) is 23.5 Å². The van der Waals surface area contributed by atoms with Crippen molar-refractivity contribution < 1.29 is 5.11 Å². The molecular weight excluding hydrogens is 138 g/mol. The van der Waals surface area contributed by atoms with Gasteiger partial charge in [0.1, 0.15) is 0 Å². The van der Waals surface area contributed by atoms with Gasteiger partial charge in [0.2, 0.25) is 0 Å². The van der Waals surface area contributed by atoms with E-state index in [1.807, 2.05) is 6.92 Å². The first-order valence-electron chi connectivity index (χ1n) is 4.08. The third-order valence-electron chi connectivity index (χ3n) is 1.89. The van der Waals surface area contributed by atoms with Gasteiger partial charge >= 0.3 is 0 Å². The van der Waals surface area contributed by atoms with Gasteiger partial charge < -0.3 is 5.11 Å². The normalized spacial score (nSPS) is 22.5. The second-order valence-electron chi connectivity index (χ2n) is 3.95. The SMILES string of the molecule is CC(C)=CCN1CC(C)(O)C1. The molecule has 1 saturated heterocycles. The van der Waals surface area contributed by atoms with Crippen molar-refractivity contribution in [3.8, 4) is 0 Å². The second-order valence-corrected chi connectivity index (χ2v) is 3.95. The summed E-state index contributed by atoms with van der Waals surface area (Å²) < 4.78 is 0. The Kier molecular flexibility index (Phi) is 2.35. The standard InChI is InChI=1S/C9H17NO/c1-8(2)4-5-10-6-9(3,11)7-10/h4,11H,5-7H2,1-3H3. The molecular formula is C9H17NO. The van der Waals surface area contributed by atoms with Crippen molar-refractivity contribution in [1.29, 1.82) is 0 Å². The van der Waals surface area contributed by atoms with Crippen molar-refractivity contribution >= 4 is 0 Å². The molecule has 2 heteroatoms. The van der Waals surface area contributed by atoms with E-state index in [4.69, 9.17) is 0 Å². The van der Waals surface area contributed by atoms with E-state index in [1.54, 1.807) is 0 Å². The molecule has 0 aromatic carbocycles. The van der Waals surface area contributed by atoms with E-state index in [2.05, 4.69) is 24.8 Å². The molecule has 0 bridgehead atoms. The molecule has 1 aliphatic rings. The molecule has 0 aromatic heterocycles. The average Bonchev–Trinajstić information content (AvgIpc) is 1.78. The minimum absolute atomic E-state index is 0.421. The van der Waals surface area contributed by atoms with Crippen LogP contribution < -0.4 is 0 Å². The summed E-state index contributed by atoms with van der Waals surface area (Å²) >= 11 is 0. The fourth-order valence-corrected chi connectivity index (χ4v) is 1.36. The molecule has 0 spiro atoms. The van der Waals surface area contributed by atoms with E-state index >= 15 is 0 Å². The summed E-state index contributed by atoms with van der Waals surface area (Å²) in [6.07, 6.45) is 2.19. The van der Waals surface area contributed by atoms with Crippen molar-refractivity contribution in [2.45, 2.75) is 26.4 Å². The third kappa shape index (κ3) is 2.64. The number of likely N-dealkylation sites (tertiary alicyclic amines) is 1. The monoisotopic (exact) mass is 155 g/mol. The Balaban J connectivity index is 2.19. The van der Waals surface area contributed by atoms with E-state index in [0.717, 1.165) is 19.6 Å². The molecule has 1 heterocycles. The van der Waals surface area contributed by atoms with Gasteiger partial charge in [-0.15, -0.1) is 0 Å². The van der Waals surface area contributed by atoms with Crippen LogP contribution in [0.5, 0.6) is 0 Å². The molecule has 1 N–H and O–H groups in total. The summed E-state index contributed by atoms with van der Waals surface area (Å²) in [7, 11) is 0. The number of aliphatic hydroxyl groups is 1. The molecule has 0 atom stereocenters. The lowest BCUT2D eigenvalue weighted by Gasteiger charge is -2.43. The number of allylic oxidation sites excluding steroid dienone is 1. The highest BCUT2D eigenvalue weighted by atomic mass is 16.3. The number of rotatable bonds is 2. The molecule has 0 saturated carbocycles. The number of nitrogens with zero attached hydrogens (tertiary/aromatic N) is 1. The van der Waals surface area contributed by atoms with Crippen molar-refractivity contribution in [2.75, 3.05) is 19.6 Å². The molecule has 64 valence electrons. The maximum absolute atomic E-state index is 9.39. The van der Waals surface area contributed by atoms with Gasteiger partial charge in [-0.25, -0.2) is 0 Å². The first-order valence-corrected chi connectivity index (χ1v) is 4.08. The van der Waals surface area contributed by atoms with Gasteiger partial charge in [-0.05, 0) is 20.8 Å². The maximum Gasteiger partial charge on any atom is 0.0872 e. The zero-order chi connectivity index (χ0) is 8.48. The van der Waals surface area contributed by atoms with Crippen LogP contribution >= 0.6 is 0 Å². The van der Waals surface area contributed by atoms with E-state index in [0.29, 0.717) is 0 Å². The van der Waals surface area contributed by atoms with Crippen molar-refractivity contribution in [2.24, 2.45) is 0 Å². The van der Waals surface area contributed by atoms with Crippen molar-refractivity contribution in [3.05, 3.63) is 11.6 Å². The van der Waals surface area contributed by atoms with Crippen LogP contribution in [-0.2, 0) is 0 Å². The Morgan fingerprint density at radius 2 is 2.09 bits per heavy atom. The largest absolute Gasteiger partial charge is 0.388 e. The van der Waals surface area contributed by atoms with Crippen molar-refractivity contribution in [3.63, 3.8) is 0 Å². The highest BCUT2D eigenvalue weighted by molar-refractivity contribution is 5.00. The van der Waals surface area contributed by atoms with E-state index in [9.17, 15) is 5.11 Å². The second kappa shape index (κ2) is 2.95. The zero-order valence-corrected chi connectivity index (χ0v) is 7.59. The van der Waals surface area contributed by atoms with Crippen LogP contribution in [-0.4, -0.2) is 35.2 Å². The lowest BCUT2D eigenvalue weighted by atomic mass is 9.97. The molecule has 0 radical (unpaired) electrons. The Hall–Kier alpha value is -0.340. The quantitative estimate of drug-likeness (QED) is 0.602. The number of β-amino-alcohol motifs (C(OH)–C–C–N with tert-alkyl or cyclic N) is 1. The van der Waals surface area contributed by atoms with Gasteiger partial charge in [0.25, 0.3) is 0 Å². The molecule has 2 nitrogen and oxygen atoms in total. The fraction of sp³-hybridized carbons (Fsp3) is 0.778. The molecule has 0 amide bonds. The molecule has 0 unspecified atom stereocenters. The van der Waals surface area contributed by atoms with Gasteiger partial charge in [-0.2, -0.15) is 0 Å². The minimum atomic E-state index is -0.421. The van der Waals surface area contributed by atoms with Crippen LogP contribution in [0.15, 0.2) is 11.6 Å². The average molecular weight is 155 g/mol. The highest BCUT2D eigenvalue weighted by Crippen LogP contribution is 2.18. The van der Waals surface area contributed by atoms with Gasteiger partial charge in [0, 0.05) is 19.6 Å². The zero-order valence-electron chi connectivity index (χ0n) is 7.59. The Bertz CT molecular complexity index is 160. The Labute approximate surface area is 68.5 Å². The lowest BCUT2D eigenvalue weighted by molar-refractivity contribution is -0.0778. The van der Waals surface area contributed by atoms with Gasteiger partial charge in [0.15, 0.2) is 0 Å². The van der Waals surface area contributed by atoms with Gasteiger partial charge in [-0.1, -0.05) is 11.6 Å². The van der Waals surface area contributed by atoms with Crippen molar-refractivity contribution in [1.82, 2.24) is 4.90 Å². The number of hydrogen-bond donors (Lipinski definition) is 1. The highest BCUT2D eigenvalue weighted by Gasteiger charge is 2.35. The van der Waals surface area contributed by atoms with Gasteiger partial charge in [0.05, 0.1) is 5.60 Å². The third-order valence-corrected chi connectivity index (χ3v) is 1.89. The van der Waals surface area contributed by atoms with Gasteiger partial charge in [-0.3, -0.25) is 4.90 Å². The summed E-state index contributed by atoms with van der Waals surface area (Å²) in [6.45, 7) is 8.69. The van der Waals surface area contributed by atoms with E-state index in [1.165, 1.54) is 5.57 Å². The predicted molar refractivity (Wildman–Crippen MR) is 46.5 cm³/mol. The lowest BCUT2D eigenvalue weighted by Crippen LogP contribution is -2.59. The molecule has 1 rings (SSSR count). The summed E-state index contributed by atoms with van der Waals surface area (Å²) in [5.74, 6) is 0. The maximum atomic E-state index is 9.39. The number of hydrogen-bond acceptors (Lipinski definition) is 2. The smallest absolute Gasteiger partial charge is 0.0872 e. The summed E-state index contributed by atoms with van der Waals surface area (Å²) in [5.41, 5.74) is 0.923. The molecule has 1 aliphatic heterocycles. The Morgan fingerprint density at radius 1 is 1.55 bits per heavy atom. The first-order chi connectivity index (χ1) is 4.99. The summed E-state index contributed by atoms with van der Waals surface area (Å²) in [5, 5.41) is 9.39. The Morgan fingerprint density at radius 3 is 2.45 bits per heavy atom.